The van der Waals surface area contributed by atoms with Gasteiger partial charge in [-0.1, -0.05) is 6.92 Å². The lowest BCUT2D eigenvalue weighted by Crippen LogP contribution is -2.62. The zero-order chi connectivity index (χ0) is 12.6. The Hall–Kier alpha value is -1.22. The highest BCUT2D eigenvalue weighted by Gasteiger charge is 2.39. The SMILES string of the molecule is CCN1CC(C)(Oc2ccc3c(c2)CCCN3)C1. The van der Waals surface area contributed by atoms with Gasteiger partial charge in [-0.25, -0.2) is 0 Å². The van der Waals surface area contributed by atoms with Gasteiger partial charge in [-0.15, -0.1) is 0 Å². The summed E-state index contributed by atoms with van der Waals surface area (Å²) in [5.41, 5.74) is 2.68. The summed E-state index contributed by atoms with van der Waals surface area (Å²) in [5.74, 6) is 1.02. The predicted molar refractivity (Wildman–Crippen MR) is 74.4 cm³/mol. The summed E-state index contributed by atoms with van der Waals surface area (Å²) in [6.07, 6.45) is 2.38. The fourth-order valence-electron chi connectivity index (χ4n) is 2.99. The lowest BCUT2D eigenvalue weighted by atomic mass is 9.96. The largest absolute Gasteiger partial charge is 0.485 e. The van der Waals surface area contributed by atoms with Crippen LogP contribution in [0, 0.1) is 0 Å². The highest BCUT2D eigenvalue weighted by Crippen LogP contribution is 2.31. The fourth-order valence-corrected chi connectivity index (χ4v) is 2.99. The number of nitrogens with zero attached hydrogens (tertiary/aromatic N) is 1. The Balaban J connectivity index is 1.70. The second-order valence-electron chi connectivity index (χ2n) is 5.70. The Labute approximate surface area is 109 Å². The van der Waals surface area contributed by atoms with E-state index >= 15 is 0 Å². The Morgan fingerprint density at radius 2 is 2.22 bits per heavy atom. The molecular formula is C15H22N2O. The molecule has 1 fully saturated rings. The summed E-state index contributed by atoms with van der Waals surface area (Å²) in [5, 5.41) is 3.43. The third-order valence-corrected chi connectivity index (χ3v) is 3.94. The van der Waals surface area contributed by atoms with Gasteiger partial charge in [-0.3, -0.25) is 4.90 Å². The lowest BCUT2D eigenvalue weighted by molar-refractivity contribution is -0.0605. The maximum absolute atomic E-state index is 6.17. The van der Waals surface area contributed by atoms with Crippen LogP contribution in [0.4, 0.5) is 5.69 Å². The number of likely N-dealkylation sites (tertiary alicyclic amines) is 1. The zero-order valence-corrected chi connectivity index (χ0v) is 11.3. The van der Waals surface area contributed by atoms with E-state index in [9.17, 15) is 0 Å². The molecule has 1 aromatic carbocycles. The number of hydrogen-bond donors (Lipinski definition) is 1. The molecule has 0 aliphatic carbocycles. The molecule has 0 radical (unpaired) electrons. The molecule has 1 aromatic rings. The predicted octanol–water partition coefficient (Wildman–Crippen LogP) is 2.52. The molecule has 98 valence electrons. The maximum Gasteiger partial charge on any atom is 0.131 e. The quantitative estimate of drug-likeness (QED) is 0.887. The van der Waals surface area contributed by atoms with Crippen molar-refractivity contribution in [2.24, 2.45) is 0 Å². The molecule has 0 aromatic heterocycles. The number of aryl methyl sites for hydroxylation is 1. The first-order chi connectivity index (χ1) is 8.68. The smallest absolute Gasteiger partial charge is 0.131 e. The van der Waals surface area contributed by atoms with E-state index in [0.717, 1.165) is 38.3 Å². The normalized spacial score (nSPS) is 21.7. The van der Waals surface area contributed by atoms with E-state index in [4.69, 9.17) is 4.74 Å². The van der Waals surface area contributed by atoms with Gasteiger partial charge in [-0.05, 0) is 50.1 Å². The summed E-state index contributed by atoms with van der Waals surface area (Å²) >= 11 is 0. The van der Waals surface area contributed by atoms with Crippen molar-refractivity contribution in [2.45, 2.75) is 32.3 Å². The highest BCUT2D eigenvalue weighted by molar-refractivity contribution is 5.55. The molecule has 0 spiro atoms. The fraction of sp³-hybridized carbons (Fsp3) is 0.600. The second-order valence-corrected chi connectivity index (χ2v) is 5.70. The minimum atomic E-state index is 0.00629. The van der Waals surface area contributed by atoms with Crippen LogP contribution in [0.2, 0.25) is 0 Å². The van der Waals surface area contributed by atoms with Crippen LogP contribution in [-0.4, -0.2) is 36.7 Å². The van der Waals surface area contributed by atoms with Crippen LogP contribution in [0.5, 0.6) is 5.75 Å². The number of ether oxygens (including phenoxy) is 1. The van der Waals surface area contributed by atoms with E-state index in [-0.39, 0.29) is 5.60 Å². The number of benzene rings is 1. The number of likely N-dealkylation sites (N-methyl/N-ethyl adjacent to an activating group) is 1. The first kappa shape index (κ1) is 11.8. The molecule has 2 aliphatic rings. The average molecular weight is 246 g/mol. The van der Waals surface area contributed by atoms with Crippen molar-refractivity contribution in [1.82, 2.24) is 4.90 Å². The van der Waals surface area contributed by atoms with Crippen molar-refractivity contribution in [2.75, 3.05) is 31.5 Å². The van der Waals surface area contributed by atoms with Crippen LogP contribution < -0.4 is 10.1 Å². The van der Waals surface area contributed by atoms with Crippen molar-refractivity contribution in [3.05, 3.63) is 23.8 Å². The zero-order valence-electron chi connectivity index (χ0n) is 11.3. The monoisotopic (exact) mass is 246 g/mol. The minimum absolute atomic E-state index is 0.00629. The van der Waals surface area contributed by atoms with Gasteiger partial charge in [-0.2, -0.15) is 0 Å². The van der Waals surface area contributed by atoms with Gasteiger partial charge in [0.25, 0.3) is 0 Å². The van der Waals surface area contributed by atoms with Crippen LogP contribution in [0.15, 0.2) is 18.2 Å². The van der Waals surface area contributed by atoms with Crippen molar-refractivity contribution in [3.63, 3.8) is 0 Å². The molecule has 3 nitrogen and oxygen atoms in total. The molecule has 3 rings (SSSR count). The van der Waals surface area contributed by atoms with Gasteiger partial charge >= 0.3 is 0 Å². The molecule has 18 heavy (non-hydrogen) atoms. The number of fused-ring (bicyclic) bond motifs is 1. The van der Waals surface area contributed by atoms with Crippen molar-refractivity contribution < 1.29 is 4.74 Å². The topological polar surface area (TPSA) is 24.5 Å². The Morgan fingerprint density at radius 1 is 1.39 bits per heavy atom. The molecule has 2 heterocycles. The van der Waals surface area contributed by atoms with E-state index < -0.39 is 0 Å². The van der Waals surface area contributed by atoms with Crippen molar-refractivity contribution in [1.29, 1.82) is 0 Å². The van der Waals surface area contributed by atoms with E-state index in [0.29, 0.717) is 0 Å². The molecule has 0 bridgehead atoms. The van der Waals surface area contributed by atoms with Gasteiger partial charge in [0, 0.05) is 25.3 Å². The first-order valence-electron chi connectivity index (χ1n) is 6.97. The van der Waals surface area contributed by atoms with E-state index in [1.54, 1.807) is 0 Å². The van der Waals surface area contributed by atoms with Crippen molar-refractivity contribution >= 4 is 5.69 Å². The Bertz CT molecular complexity index is 438. The third kappa shape index (κ3) is 2.19. The van der Waals surface area contributed by atoms with Gasteiger partial charge in [0.1, 0.15) is 11.4 Å². The molecule has 0 unspecified atom stereocenters. The van der Waals surface area contributed by atoms with Crippen molar-refractivity contribution in [3.8, 4) is 5.75 Å². The van der Waals surface area contributed by atoms with Gasteiger partial charge < -0.3 is 10.1 Å². The average Bonchev–Trinajstić information content (AvgIpc) is 2.35. The second kappa shape index (κ2) is 4.47. The molecular weight excluding hydrogens is 224 g/mol. The Morgan fingerprint density at radius 3 is 3.00 bits per heavy atom. The number of nitrogens with one attached hydrogen (secondary N) is 1. The maximum atomic E-state index is 6.17. The van der Waals surface area contributed by atoms with Crippen LogP contribution in [0.1, 0.15) is 25.8 Å². The van der Waals surface area contributed by atoms with Gasteiger partial charge in [0.05, 0.1) is 0 Å². The van der Waals surface area contributed by atoms with Crippen LogP contribution >= 0.6 is 0 Å². The first-order valence-corrected chi connectivity index (χ1v) is 6.97. The van der Waals surface area contributed by atoms with Crippen LogP contribution in [-0.2, 0) is 6.42 Å². The molecule has 0 atom stereocenters. The molecule has 1 N–H and O–H groups in total. The number of anilines is 1. The lowest BCUT2D eigenvalue weighted by Gasteiger charge is -2.47. The Kier molecular flexibility index (Phi) is 2.94. The van der Waals surface area contributed by atoms with Gasteiger partial charge in [0.2, 0.25) is 0 Å². The molecule has 0 amide bonds. The van der Waals surface area contributed by atoms with Gasteiger partial charge in [0.15, 0.2) is 0 Å². The van der Waals surface area contributed by atoms with E-state index in [2.05, 4.69) is 42.3 Å². The summed E-state index contributed by atoms with van der Waals surface area (Å²) < 4.78 is 6.17. The summed E-state index contributed by atoms with van der Waals surface area (Å²) in [6.45, 7) is 8.70. The van der Waals surface area contributed by atoms with Crippen LogP contribution in [0.3, 0.4) is 0 Å². The molecule has 1 saturated heterocycles. The molecule has 2 aliphatic heterocycles. The minimum Gasteiger partial charge on any atom is -0.485 e. The van der Waals surface area contributed by atoms with E-state index in [1.165, 1.54) is 17.7 Å². The highest BCUT2D eigenvalue weighted by atomic mass is 16.5. The summed E-state index contributed by atoms with van der Waals surface area (Å²) in [4.78, 5) is 2.40. The summed E-state index contributed by atoms with van der Waals surface area (Å²) in [6, 6.07) is 6.46. The van der Waals surface area contributed by atoms with Crippen LogP contribution in [0.25, 0.3) is 0 Å². The number of rotatable bonds is 3. The number of hydrogen-bond acceptors (Lipinski definition) is 3. The summed E-state index contributed by atoms with van der Waals surface area (Å²) in [7, 11) is 0. The van der Waals surface area contributed by atoms with E-state index in [1.807, 2.05) is 0 Å². The molecule has 0 saturated carbocycles. The third-order valence-electron chi connectivity index (χ3n) is 3.94. The standard InChI is InChI=1S/C15H22N2O/c1-3-17-10-15(2,11-17)18-13-6-7-14-12(9-13)5-4-8-16-14/h6-7,9,16H,3-5,8,10-11H2,1-2H3. The molecule has 3 heteroatoms.